The Morgan fingerprint density at radius 1 is 0.846 bits per heavy atom. The molecule has 0 saturated heterocycles. The van der Waals surface area contributed by atoms with Crippen LogP contribution in [0.2, 0.25) is 5.02 Å². The predicted octanol–water partition coefficient (Wildman–Crippen LogP) is 5.53. The van der Waals surface area contributed by atoms with E-state index in [0.717, 1.165) is 11.1 Å². The molecule has 0 aliphatic rings. The summed E-state index contributed by atoms with van der Waals surface area (Å²) in [6.45, 7) is 0. The minimum atomic E-state index is -0.415. The molecule has 0 bridgehead atoms. The molecule has 26 heavy (non-hydrogen) atoms. The maximum Gasteiger partial charge on any atom is 0.270 e. The summed E-state index contributed by atoms with van der Waals surface area (Å²) >= 11 is 5.96. The van der Waals surface area contributed by atoms with Crippen molar-refractivity contribution < 1.29 is 4.92 Å². The Morgan fingerprint density at radius 2 is 1.58 bits per heavy atom. The minimum Gasteiger partial charge on any atom is -0.258 e. The first-order valence-electron chi connectivity index (χ1n) is 7.89. The van der Waals surface area contributed by atoms with Crippen LogP contribution in [0.5, 0.6) is 0 Å². The highest BCUT2D eigenvalue weighted by Gasteiger charge is 2.15. The average Bonchev–Trinajstić information content (AvgIpc) is 2.68. The second kappa shape index (κ2) is 6.54. The summed E-state index contributed by atoms with van der Waals surface area (Å²) in [6.07, 6.45) is 0. The third kappa shape index (κ3) is 3.00. The maximum absolute atomic E-state index is 11.2. The molecule has 5 nitrogen and oxygen atoms in total. The molecular weight excluding hydrogens is 350 g/mol. The molecule has 0 aliphatic carbocycles. The molecule has 4 aromatic rings. The van der Waals surface area contributed by atoms with Crippen molar-refractivity contribution in [2.45, 2.75) is 0 Å². The summed E-state index contributed by atoms with van der Waals surface area (Å²) in [5.41, 5.74) is 3.01. The van der Waals surface area contributed by atoms with Crippen LogP contribution in [0.3, 0.4) is 0 Å². The number of hydrogen-bond donors (Lipinski definition) is 0. The normalized spacial score (nSPS) is 10.8. The second-order valence-corrected chi connectivity index (χ2v) is 6.16. The van der Waals surface area contributed by atoms with Crippen molar-refractivity contribution in [3.8, 4) is 22.6 Å². The third-order valence-corrected chi connectivity index (χ3v) is 4.29. The topological polar surface area (TPSA) is 68.9 Å². The molecule has 6 heteroatoms. The molecule has 1 heterocycles. The van der Waals surface area contributed by atoms with E-state index < -0.39 is 4.92 Å². The Labute approximate surface area is 154 Å². The summed E-state index contributed by atoms with van der Waals surface area (Å²) in [6, 6.07) is 21.5. The van der Waals surface area contributed by atoms with Crippen LogP contribution in [0.25, 0.3) is 33.5 Å². The van der Waals surface area contributed by atoms with E-state index in [0.29, 0.717) is 27.4 Å². The summed E-state index contributed by atoms with van der Waals surface area (Å²) in [5.74, 6) is 0.543. The van der Waals surface area contributed by atoms with Gasteiger partial charge < -0.3 is 0 Å². The van der Waals surface area contributed by atoms with E-state index in [-0.39, 0.29) is 5.69 Å². The zero-order valence-electron chi connectivity index (χ0n) is 13.5. The van der Waals surface area contributed by atoms with Gasteiger partial charge in [-0.3, -0.25) is 10.1 Å². The summed E-state index contributed by atoms with van der Waals surface area (Å²) in [7, 11) is 0. The highest BCUT2D eigenvalue weighted by Crippen LogP contribution is 2.31. The SMILES string of the molecule is O=[N+]([O-])c1ccc2nc(-c3ccc(Cl)cc3)nc(-c3ccccc3)c2c1. The summed E-state index contributed by atoms with van der Waals surface area (Å²) in [4.78, 5) is 20.0. The van der Waals surface area contributed by atoms with Crippen LogP contribution in [0.1, 0.15) is 0 Å². The Bertz CT molecular complexity index is 1110. The smallest absolute Gasteiger partial charge is 0.258 e. The number of rotatable bonds is 3. The van der Waals surface area contributed by atoms with Crippen molar-refractivity contribution in [2.75, 3.05) is 0 Å². The number of non-ortho nitro benzene ring substituents is 1. The number of nitro benzene ring substituents is 1. The number of hydrogen-bond acceptors (Lipinski definition) is 4. The molecule has 1 aromatic heterocycles. The fourth-order valence-corrected chi connectivity index (χ4v) is 2.90. The number of benzene rings is 3. The molecule has 0 radical (unpaired) electrons. The lowest BCUT2D eigenvalue weighted by atomic mass is 10.1. The van der Waals surface area contributed by atoms with E-state index in [1.54, 1.807) is 18.2 Å². The number of aromatic nitrogens is 2. The molecule has 0 amide bonds. The van der Waals surface area contributed by atoms with Crippen LogP contribution in [-0.2, 0) is 0 Å². The van der Waals surface area contributed by atoms with Crippen molar-refractivity contribution >= 4 is 28.2 Å². The monoisotopic (exact) mass is 361 g/mol. The zero-order chi connectivity index (χ0) is 18.1. The molecule has 0 fully saturated rings. The first-order chi connectivity index (χ1) is 12.6. The lowest BCUT2D eigenvalue weighted by Crippen LogP contribution is -1.96. The van der Waals surface area contributed by atoms with Gasteiger partial charge in [0.15, 0.2) is 5.82 Å². The molecule has 3 aromatic carbocycles. The zero-order valence-corrected chi connectivity index (χ0v) is 14.2. The standard InChI is InChI=1S/C20H12ClN3O2/c21-15-8-6-14(7-9-15)20-22-18-11-10-16(24(25)26)12-17(18)19(23-20)13-4-2-1-3-5-13/h1-12H. The summed E-state index contributed by atoms with van der Waals surface area (Å²) < 4.78 is 0. The molecule has 0 spiro atoms. The quantitative estimate of drug-likeness (QED) is 0.355. The van der Waals surface area contributed by atoms with Crippen molar-refractivity contribution in [3.05, 3.63) is 87.9 Å². The first-order valence-corrected chi connectivity index (χ1v) is 8.27. The van der Waals surface area contributed by atoms with E-state index in [4.69, 9.17) is 16.6 Å². The van der Waals surface area contributed by atoms with Crippen LogP contribution in [0, 0.1) is 10.1 Å². The van der Waals surface area contributed by atoms with E-state index >= 15 is 0 Å². The highest BCUT2D eigenvalue weighted by molar-refractivity contribution is 6.30. The van der Waals surface area contributed by atoms with Gasteiger partial charge in [-0.2, -0.15) is 0 Å². The van der Waals surface area contributed by atoms with Crippen LogP contribution < -0.4 is 0 Å². The van der Waals surface area contributed by atoms with Crippen LogP contribution in [0.15, 0.2) is 72.8 Å². The molecule has 0 aliphatic heterocycles. The van der Waals surface area contributed by atoms with Crippen molar-refractivity contribution in [1.82, 2.24) is 9.97 Å². The third-order valence-electron chi connectivity index (χ3n) is 4.04. The van der Waals surface area contributed by atoms with Crippen molar-refractivity contribution in [3.63, 3.8) is 0 Å². The largest absolute Gasteiger partial charge is 0.270 e. The highest BCUT2D eigenvalue weighted by atomic mass is 35.5. The van der Waals surface area contributed by atoms with Gasteiger partial charge in [0.1, 0.15) is 0 Å². The number of fused-ring (bicyclic) bond motifs is 1. The Morgan fingerprint density at radius 3 is 2.27 bits per heavy atom. The van der Waals surface area contributed by atoms with Crippen molar-refractivity contribution in [1.29, 1.82) is 0 Å². The molecule has 0 saturated carbocycles. The van der Waals surface area contributed by atoms with Gasteiger partial charge in [-0.15, -0.1) is 0 Å². The Kier molecular flexibility index (Phi) is 4.07. The lowest BCUT2D eigenvalue weighted by molar-refractivity contribution is -0.384. The number of nitro groups is 1. The molecule has 0 unspecified atom stereocenters. The number of halogens is 1. The van der Waals surface area contributed by atoms with Crippen molar-refractivity contribution in [2.24, 2.45) is 0 Å². The fourth-order valence-electron chi connectivity index (χ4n) is 2.77. The van der Waals surface area contributed by atoms with Crippen LogP contribution in [0.4, 0.5) is 5.69 Å². The Hall–Kier alpha value is -3.31. The van der Waals surface area contributed by atoms with E-state index in [2.05, 4.69) is 4.98 Å². The molecule has 4 rings (SSSR count). The van der Waals surface area contributed by atoms with Gasteiger partial charge in [0.25, 0.3) is 5.69 Å². The van der Waals surface area contributed by atoms with Gasteiger partial charge in [0, 0.05) is 33.7 Å². The van der Waals surface area contributed by atoms with E-state index in [1.165, 1.54) is 12.1 Å². The fraction of sp³-hybridized carbons (Fsp3) is 0. The van der Waals surface area contributed by atoms with Crippen LogP contribution in [-0.4, -0.2) is 14.9 Å². The van der Waals surface area contributed by atoms with Gasteiger partial charge in [0.05, 0.1) is 16.1 Å². The lowest BCUT2D eigenvalue weighted by Gasteiger charge is -2.09. The van der Waals surface area contributed by atoms with Gasteiger partial charge in [-0.05, 0) is 30.3 Å². The predicted molar refractivity (Wildman–Crippen MR) is 102 cm³/mol. The first kappa shape index (κ1) is 16.2. The maximum atomic E-state index is 11.2. The number of nitrogens with zero attached hydrogens (tertiary/aromatic N) is 3. The van der Waals surface area contributed by atoms with Gasteiger partial charge in [0.2, 0.25) is 0 Å². The Balaban J connectivity index is 2.01. The van der Waals surface area contributed by atoms with Gasteiger partial charge in [-0.25, -0.2) is 9.97 Å². The van der Waals surface area contributed by atoms with E-state index in [9.17, 15) is 10.1 Å². The molecule has 0 atom stereocenters. The molecule has 126 valence electrons. The molecule has 0 N–H and O–H groups in total. The minimum absolute atomic E-state index is 0.0116. The van der Waals surface area contributed by atoms with Gasteiger partial charge >= 0.3 is 0 Å². The van der Waals surface area contributed by atoms with Gasteiger partial charge in [-0.1, -0.05) is 41.9 Å². The second-order valence-electron chi connectivity index (χ2n) is 5.73. The summed E-state index contributed by atoms with van der Waals surface area (Å²) in [5, 5.41) is 12.4. The average molecular weight is 362 g/mol. The van der Waals surface area contributed by atoms with E-state index in [1.807, 2.05) is 42.5 Å². The molecular formula is C20H12ClN3O2. The van der Waals surface area contributed by atoms with Crippen LogP contribution >= 0.6 is 11.6 Å².